The Morgan fingerprint density at radius 3 is 2.71 bits per heavy atom. The molecule has 0 spiro atoms. The van der Waals surface area contributed by atoms with Gasteiger partial charge in [-0.05, 0) is 20.8 Å². The largest absolute Gasteiger partial charge is 0.422 e. The monoisotopic (exact) mass is 351 g/mol. The Bertz CT molecular complexity index is 1060. The molecule has 0 unspecified atom stereocenters. The molecule has 0 bridgehead atoms. The van der Waals surface area contributed by atoms with Crippen LogP contribution < -0.4 is 16.6 Å². The average molecular weight is 351 g/mol. The molecule has 0 radical (unpaired) electrons. The van der Waals surface area contributed by atoms with E-state index in [4.69, 9.17) is 0 Å². The Morgan fingerprint density at radius 2 is 2.08 bits per heavy atom. The van der Waals surface area contributed by atoms with E-state index in [1.807, 2.05) is 4.98 Å². The number of rotatable bonds is 3. The third kappa shape index (κ3) is 2.36. The van der Waals surface area contributed by atoms with Crippen molar-refractivity contribution in [3.63, 3.8) is 0 Å². The molecule has 0 aromatic carbocycles. The highest BCUT2D eigenvalue weighted by atomic mass is 32.1. The molecule has 0 aliphatic rings. The van der Waals surface area contributed by atoms with Crippen molar-refractivity contribution in [2.75, 3.05) is 5.32 Å². The van der Waals surface area contributed by atoms with Crippen LogP contribution in [0.5, 0.6) is 0 Å². The molecule has 0 aliphatic carbocycles. The standard InChI is InChI=1S/C12H13N7O4S/c1-5-16-17-10(24-5)15-9(21)12(2,3)18-4-13-6-7(20)14-11(22)19(23)8(6)18/h4,23H,1-3H3,(H,14,20,22)(H,15,17,21). The van der Waals surface area contributed by atoms with Gasteiger partial charge in [0, 0.05) is 0 Å². The third-order valence-electron chi connectivity index (χ3n) is 3.48. The van der Waals surface area contributed by atoms with E-state index in [9.17, 15) is 19.6 Å². The van der Waals surface area contributed by atoms with Gasteiger partial charge in [0.15, 0.2) is 11.2 Å². The van der Waals surface area contributed by atoms with Gasteiger partial charge < -0.3 is 5.21 Å². The lowest BCUT2D eigenvalue weighted by Crippen LogP contribution is -2.41. The van der Waals surface area contributed by atoms with Crippen LogP contribution in [0, 0.1) is 6.92 Å². The molecule has 3 rings (SSSR count). The second-order valence-corrected chi connectivity index (χ2v) is 6.68. The van der Waals surface area contributed by atoms with Crippen molar-refractivity contribution in [3.8, 4) is 0 Å². The molecule has 0 saturated carbocycles. The first-order valence-corrected chi connectivity index (χ1v) is 7.57. The molecular formula is C12H13N7O4S. The fourth-order valence-electron chi connectivity index (χ4n) is 2.13. The van der Waals surface area contributed by atoms with Gasteiger partial charge in [0.1, 0.15) is 10.5 Å². The van der Waals surface area contributed by atoms with E-state index in [0.29, 0.717) is 10.1 Å². The first-order valence-electron chi connectivity index (χ1n) is 6.75. The number of hydrogen-bond acceptors (Lipinski definition) is 8. The summed E-state index contributed by atoms with van der Waals surface area (Å²) in [5.41, 5.74) is -3.40. The number of carbonyl (C=O) groups excluding carboxylic acids is 1. The van der Waals surface area contributed by atoms with Crippen LogP contribution in [-0.2, 0) is 10.3 Å². The molecule has 11 nitrogen and oxygen atoms in total. The highest BCUT2D eigenvalue weighted by Crippen LogP contribution is 2.23. The van der Waals surface area contributed by atoms with Crippen LogP contribution in [0.3, 0.4) is 0 Å². The summed E-state index contributed by atoms with van der Waals surface area (Å²) in [6.07, 6.45) is 1.21. The Hall–Kier alpha value is -3.02. The molecule has 0 aliphatic heterocycles. The minimum absolute atomic E-state index is 0.162. The van der Waals surface area contributed by atoms with Crippen molar-refractivity contribution in [2.24, 2.45) is 0 Å². The first-order chi connectivity index (χ1) is 11.2. The SMILES string of the molecule is Cc1nnc(NC(=O)C(C)(C)n2cnc3c(=O)[nH]c(=O)n(O)c32)s1. The van der Waals surface area contributed by atoms with Crippen LogP contribution >= 0.6 is 11.3 Å². The number of aromatic amines is 1. The van der Waals surface area contributed by atoms with Crippen molar-refractivity contribution >= 4 is 33.5 Å². The van der Waals surface area contributed by atoms with Gasteiger partial charge >= 0.3 is 5.69 Å². The lowest BCUT2D eigenvalue weighted by Gasteiger charge is -2.25. The van der Waals surface area contributed by atoms with Gasteiger partial charge in [-0.1, -0.05) is 11.3 Å². The summed E-state index contributed by atoms with van der Waals surface area (Å²) >= 11 is 1.20. The van der Waals surface area contributed by atoms with E-state index in [1.54, 1.807) is 20.8 Å². The quantitative estimate of drug-likeness (QED) is 0.547. The first kappa shape index (κ1) is 15.9. The maximum atomic E-state index is 12.6. The number of carbonyl (C=O) groups is 1. The van der Waals surface area contributed by atoms with Gasteiger partial charge in [-0.25, -0.2) is 9.78 Å². The molecule has 0 atom stereocenters. The van der Waals surface area contributed by atoms with Gasteiger partial charge in [-0.2, -0.15) is 0 Å². The number of fused-ring (bicyclic) bond motifs is 1. The van der Waals surface area contributed by atoms with E-state index in [0.717, 1.165) is 0 Å². The van der Waals surface area contributed by atoms with Crippen LogP contribution in [0.4, 0.5) is 5.13 Å². The topological polar surface area (TPSA) is 148 Å². The van der Waals surface area contributed by atoms with Gasteiger partial charge in [0.25, 0.3) is 11.5 Å². The Morgan fingerprint density at radius 1 is 1.38 bits per heavy atom. The number of hydrogen-bond donors (Lipinski definition) is 3. The Labute approximate surface area is 137 Å². The summed E-state index contributed by atoms with van der Waals surface area (Å²) in [7, 11) is 0. The molecular weight excluding hydrogens is 338 g/mol. The second-order valence-electron chi connectivity index (χ2n) is 5.50. The van der Waals surface area contributed by atoms with E-state index in [1.165, 1.54) is 22.2 Å². The van der Waals surface area contributed by atoms with Crippen molar-refractivity contribution in [1.82, 2.24) is 29.5 Å². The van der Waals surface area contributed by atoms with E-state index >= 15 is 0 Å². The predicted molar refractivity (Wildman–Crippen MR) is 84.4 cm³/mol. The van der Waals surface area contributed by atoms with Crippen LogP contribution in [0.25, 0.3) is 11.2 Å². The summed E-state index contributed by atoms with van der Waals surface area (Å²) < 4.78 is 1.48. The highest BCUT2D eigenvalue weighted by Gasteiger charge is 2.33. The minimum atomic E-state index is -1.28. The van der Waals surface area contributed by atoms with E-state index in [2.05, 4.69) is 20.5 Å². The van der Waals surface area contributed by atoms with Crippen molar-refractivity contribution in [2.45, 2.75) is 26.3 Å². The summed E-state index contributed by atoms with van der Waals surface area (Å²) in [5.74, 6) is -0.481. The molecule has 3 aromatic heterocycles. The van der Waals surface area contributed by atoms with Crippen LogP contribution in [0.15, 0.2) is 15.9 Å². The molecule has 1 amide bonds. The number of amides is 1. The Kier molecular flexibility index (Phi) is 3.48. The molecule has 0 saturated heterocycles. The van der Waals surface area contributed by atoms with Crippen LogP contribution in [-0.4, -0.2) is 40.6 Å². The van der Waals surface area contributed by atoms with Gasteiger partial charge in [-0.15, -0.1) is 14.9 Å². The fraction of sp³-hybridized carbons (Fsp3) is 0.333. The molecule has 126 valence electrons. The summed E-state index contributed by atoms with van der Waals surface area (Å²) in [5, 5.41) is 21.1. The molecule has 24 heavy (non-hydrogen) atoms. The summed E-state index contributed by atoms with van der Waals surface area (Å²) in [4.78, 5) is 41.8. The molecule has 0 fully saturated rings. The number of aromatic nitrogens is 6. The van der Waals surface area contributed by atoms with Gasteiger partial charge in [0.2, 0.25) is 5.13 Å². The number of nitrogens with zero attached hydrogens (tertiary/aromatic N) is 5. The maximum Gasteiger partial charge on any atom is 0.363 e. The smallest absolute Gasteiger partial charge is 0.363 e. The summed E-state index contributed by atoms with van der Waals surface area (Å²) in [6, 6.07) is 0. The number of anilines is 1. The number of imidazole rings is 1. The van der Waals surface area contributed by atoms with Gasteiger partial charge in [0.05, 0.1) is 6.33 Å². The summed E-state index contributed by atoms with van der Waals surface area (Å²) in [6.45, 7) is 4.84. The fourth-order valence-corrected chi connectivity index (χ4v) is 2.71. The zero-order valence-corrected chi connectivity index (χ0v) is 13.7. The van der Waals surface area contributed by atoms with Crippen molar-refractivity contribution in [1.29, 1.82) is 0 Å². The number of aryl methyl sites for hydroxylation is 1. The molecule has 3 N–H and O–H groups in total. The van der Waals surface area contributed by atoms with Crippen molar-refractivity contribution in [3.05, 3.63) is 32.2 Å². The zero-order valence-electron chi connectivity index (χ0n) is 12.9. The highest BCUT2D eigenvalue weighted by molar-refractivity contribution is 7.15. The number of H-pyrrole nitrogens is 1. The number of nitrogens with one attached hydrogen (secondary N) is 2. The third-order valence-corrected chi connectivity index (χ3v) is 4.23. The lowest BCUT2D eigenvalue weighted by molar-refractivity contribution is -0.123. The minimum Gasteiger partial charge on any atom is -0.422 e. The molecule has 3 heterocycles. The molecule has 12 heteroatoms. The van der Waals surface area contributed by atoms with Crippen LogP contribution in [0.2, 0.25) is 0 Å². The average Bonchev–Trinajstić information content (AvgIpc) is 3.12. The predicted octanol–water partition coefficient (Wildman–Crippen LogP) is -0.343. The van der Waals surface area contributed by atoms with E-state index < -0.39 is 22.7 Å². The lowest BCUT2D eigenvalue weighted by atomic mass is 10.0. The van der Waals surface area contributed by atoms with E-state index in [-0.39, 0.29) is 15.9 Å². The van der Waals surface area contributed by atoms with Crippen LogP contribution in [0.1, 0.15) is 18.9 Å². The Balaban J connectivity index is 2.10. The van der Waals surface area contributed by atoms with Crippen molar-refractivity contribution < 1.29 is 10.0 Å². The normalized spacial score (nSPS) is 11.8. The second kappa shape index (κ2) is 5.26. The maximum absolute atomic E-state index is 12.6. The molecule has 3 aromatic rings. The van der Waals surface area contributed by atoms with Gasteiger partial charge in [-0.3, -0.25) is 24.5 Å². The zero-order chi connectivity index (χ0) is 17.6.